The Balaban J connectivity index is 2.31. The van der Waals surface area contributed by atoms with Crippen LogP contribution >= 0.6 is 0 Å². The second-order valence-electron chi connectivity index (χ2n) is 5.08. The molecule has 114 valence electrons. The standard InChI is InChI=1S/C14H20N4O2S/c1-9-4-12(6-15)5-14(10(9)2)21(19,20)17-8-13-7-16-18-11(13)3/h4-5,7,17H,6,8,15H2,1-3H3,(H,16,18). The number of aromatic nitrogens is 2. The summed E-state index contributed by atoms with van der Waals surface area (Å²) in [7, 11) is -3.59. The van der Waals surface area contributed by atoms with Crippen LogP contribution in [0.5, 0.6) is 0 Å². The Labute approximate surface area is 124 Å². The molecule has 2 rings (SSSR count). The van der Waals surface area contributed by atoms with E-state index >= 15 is 0 Å². The molecule has 0 saturated carbocycles. The molecule has 0 fully saturated rings. The highest BCUT2D eigenvalue weighted by Gasteiger charge is 2.19. The molecule has 1 heterocycles. The molecule has 0 saturated heterocycles. The third-order valence-corrected chi connectivity index (χ3v) is 5.12. The minimum absolute atomic E-state index is 0.204. The molecule has 0 spiro atoms. The van der Waals surface area contributed by atoms with Crippen LogP contribution in [0.2, 0.25) is 0 Å². The average molecular weight is 308 g/mol. The summed E-state index contributed by atoms with van der Waals surface area (Å²) >= 11 is 0. The van der Waals surface area contributed by atoms with E-state index in [9.17, 15) is 8.42 Å². The first-order valence-electron chi connectivity index (χ1n) is 6.64. The van der Waals surface area contributed by atoms with Crippen LogP contribution in [0.3, 0.4) is 0 Å². The molecule has 0 bridgehead atoms. The lowest BCUT2D eigenvalue weighted by Gasteiger charge is -2.13. The lowest BCUT2D eigenvalue weighted by molar-refractivity contribution is 0.580. The van der Waals surface area contributed by atoms with Gasteiger partial charge in [0.25, 0.3) is 0 Å². The van der Waals surface area contributed by atoms with Crippen molar-refractivity contribution < 1.29 is 8.42 Å². The molecule has 0 aliphatic heterocycles. The molecule has 7 heteroatoms. The van der Waals surface area contributed by atoms with Gasteiger partial charge in [0.1, 0.15) is 0 Å². The maximum Gasteiger partial charge on any atom is 0.241 e. The highest BCUT2D eigenvalue weighted by Crippen LogP contribution is 2.21. The molecule has 0 radical (unpaired) electrons. The Bertz CT molecular complexity index is 750. The zero-order chi connectivity index (χ0) is 15.6. The number of aryl methyl sites for hydroxylation is 2. The van der Waals surface area contributed by atoms with E-state index in [1.54, 1.807) is 19.2 Å². The van der Waals surface area contributed by atoms with Gasteiger partial charge in [-0.3, -0.25) is 5.10 Å². The summed E-state index contributed by atoms with van der Waals surface area (Å²) in [6.45, 7) is 6.04. The number of nitrogens with one attached hydrogen (secondary N) is 2. The monoisotopic (exact) mass is 308 g/mol. The zero-order valence-electron chi connectivity index (χ0n) is 12.4. The Morgan fingerprint density at radius 2 is 2.00 bits per heavy atom. The second kappa shape index (κ2) is 5.97. The van der Waals surface area contributed by atoms with E-state index in [-0.39, 0.29) is 11.4 Å². The molecular weight excluding hydrogens is 288 g/mol. The summed E-state index contributed by atoms with van der Waals surface area (Å²) in [5, 5.41) is 6.66. The maximum absolute atomic E-state index is 12.5. The van der Waals surface area contributed by atoms with Crippen molar-refractivity contribution in [2.45, 2.75) is 38.8 Å². The highest BCUT2D eigenvalue weighted by molar-refractivity contribution is 7.89. The number of hydrogen-bond donors (Lipinski definition) is 3. The maximum atomic E-state index is 12.5. The highest BCUT2D eigenvalue weighted by atomic mass is 32.2. The molecule has 4 N–H and O–H groups in total. The van der Waals surface area contributed by atoms with Gasteiger partial charge >= 0.3 is 0 Å². The molecule has 0 aliphatic rings. The normalized spacial score (nSPS) is 11.8. The first-order valence-corrected chi connectivity index (χ1v) is 8.12. The predicted molar refractivity (Wildman–Crippen MR) is 81.2 cm³/mol. The van der Waals surface area contributed by atoms with Gasteiger partial charge in [-0.2, -0.15) is 5.10 Å². The third kappa shape index (κ3) is 3.31. The van der Waals surface area contributed by atoms with Crippen molar-refractivity contribution in [1.82, 2.24) is 14.9 Å². The molecule has 1 aromatic carbocycles. The largest absolute Gasteiger partial charge is 0.326 e. The molecule has 0 aliphatic carbocycles. The first kappa shape index (κ1) is 15.7. The lowest BCUT2D eigenvalue weighted by atomic mass is 10.1. The molecular formula is C14H20N4O2S. The van der Waals surface area contributed by atoms with Crippen molar-refractivity contribution in [2.24, 2.45) is 5.73 Å². The summed E-state index contributed by atoms with van der Waals surface area (Å²) in [4.78, 5) is 0.282. The first-order chi connectivity index (χ1) is 9.85. The van der Waals surface area contributed by atoms with E-state index in [0.717, 1.165) is 27.9 Å². The Morgan fingerprint density at radius 3 is 2.57 bits per heavy atom. The summed E-state index contributed by atoms with van der Waals surface area (Å²) in [6, 6.07) is 3.54. The molecule has 0 amide bonds. The van der Waals surface area contributed by atoms with E-state index < -0.39 is 10.0 Å². The topological polar surface area (TPSA) is 101 Å². The number of nitrogens with zero attached hydrogens (tertiary/aromatic N) is 1. The SMILES string of the molecule is Cc1cc(CN)cc(S(=O)(=O)NCc2cn[nH]c2C)c1C. The van der Waals surface area contributed by atoms with Crippen LogP contribution < -0.4 is 10.5 Å². The van der Waals surface area contributed by atoms with E-state index in [4.69, 9.17) is 5.73 Å². The number of hydrogen-bond acceptors (Lipinski definition) is 4. The van der Waals surface area contributed by atoms with Crippen molar-refractivity contribution in [1.29, 1.82) is 0 Å². The summed E-state index contributed by atoms with van der Waals surface area (Å²) in [6.07, 6.45) is 1.62. The van der Waals surface area contributed by atoms with E-state index in [1.165, 1.54) is 0 Å². The van der Waals surface area contributed by atoms with Crippen LogP contribution in [0.4, 0.5) is 0 Å². The quantitative estimate of drug-likeness (QED) is 0.774. The smallest absolute Gasteiger partial charge is 0.241 e. The van der Waals surface area contributed by atoms with Crippen LogP contribution in [0.1, 0.15) is 27.9 Å². The van der Waals surface area contributed by atoms with Crippen molar-refractivity contribution in [3.05, 3.63) is 46.3 Å². The average Bonchev–Trinajstić information content (AvgIpc) is 2.84. The van der Waals surface area contributed by atoms with E-state index in [1.807, 2.05) is 19.9 Å². The number of rotatable bonds is 5. The van der Waals surface area contributed by atoms with Gasteiger partial charge in [0.15, 0.2) is 0 Å². The van der Waals surface area contributed by atoms with Crippen LogP contribution in [-0.4, -0.2) is 18.6 Å². The van der Waals surface area contributed by atoms with Gasteiger partial charge in [0.2, 0.25) is 10.0 Å². The van der Waals surface area contributed by atoms with Crippen molar-refractivity contribution in [3.63, 3.8) is 0 Å². The van der Waals surface area contributed by atoms with E-state index in [2.05, 4.69) is 14.9 Å². The number of aromatic amines is 1. The van der Waals surface area contributed by atoms with Crippen molar-refractivity contribution >= 4 is 10.0 Å². The van der Waals surface area contributed by atoms with Crippen LogP contribution in [-0.2, 0) is 23.1 Å². The molecule has 6 nitrogen and oxygen atoms in total. The van der Waals surface area contributed by atoms with Gasteiger partial charge in [-0.25, -0.2) is 13.1 Å². The second-order valence-corrected chi connectivity index (χ2v) is 6.82. The molecule has 0 atom stereocenters. The zero-order valence-corrected chi connectivity index (χ0v) is 13.2. The predicted octanol–water partition coefficient (Wildman–Crippen LogP) is 1.27. The number of nitrogens with two attached hydrogens (primary N) is 1. The number of sulfonamides is 1. The fourth-order valence-corrected chi connectivity index (χ4v) is 3.47. The van der Waals surface area contributed by atoms with E-state index in [0.29, 0.717) is 6.54 Å². The number of benzene rings is 1. The lowest BCUT2D eigenvalue weighted by Crippen LogP contribution is -2.24. The van der Waals surface area contributed by atoms with Crippen LogP contribution in [0.15, 0.2) is 23.2 Å². The minimum atomic E-state index is -3.59. The van der Waals surface area contributed by atoms with Gasteiger partial charge in [-0.15, -0.1) is 0 Å². The van der Waals surface area contributed by atoms with Gasteiger partial charge in [0, 0.05) is 24.3 Å². The molecule has 2 aromatic rings. The van der Waals surface area contributed by atoms with Gasteiger partial charge in [0.05, 0.1) is 11.1 Å². The Kier molecular flexibility index (Phi) is 4.46. The van der Waals surface area contributed by atoms with Gasteiger partial charge < -0.3 is 5.73 Å². The molecule has 0 unspecified atom stereocenters. The third-order valence-electron chi connectivity index (χ3n) is 3.59. The van der Waals surface area contributed by atoms with Gasteiger partial charge in [-0.05, 0) is 43.5 Å². The van der Waals surface area contributed by atoms with Crippen molar-refractivity contribution in [2.75, 3.05) is 0 Å². The summed E-state index contributed by atoms with van der Waals surface area (Å²) in [5.74, 6) is 0. The Morgan fingerprint density at radius 1 is 1.29 bits per heavy atom. The summed E-state index contributed by atoms with van der Waals surface area (Å²) in [5.41, 5.74) is 9.75. The number of H-pyrrole nitrogens is 1. The fraction of sp³-hybridized carbons (Fsp3) is 0.357. The van der Waals surface area contributed by atoms with Gasteiger partial charge in [-0.1, -0.05) is 6.07 Å². The molecule has 21 heavy (non-hydrogen) atoms. The van der Waals surface area contributed by atoms with Crippen LogP contribution in [0, 0.1) is 20.8 Å². The van der Waals surface area contributed by atoms with Crippen LogP contribution in [0.25, 0.3) is 0 Å². The summed E-state index contributed by atoms with van der Waals surface area (Å²) < 4.78 is 27.6. The fourth-order valence-electron chi connectivity index (χ4n) is 2.10. The molecule has 1 aromatic heterocycles. The van der Waals surface area contributed by atoms with Crippen molar-refractivity contribution in [3.8, 4) is 0 Å². The Hall–Kier alpha value is -1.70. The minimum Gasteiger partial charge on any atom is -0.326 e.